The van der Waals surface area contributed by atoms with Crippen molar-refractivity contribution in [1.82, 2.24) is 5.32 Å². The standard InChI is InChI=1S/C12H14FN3O/c1-12(2,3)16-11(17)15-10-6-4-5-9(13)8(10)7-14/h4-6H,1-3H3,(H2,15,16,17). The Morgan fingerprint density at radius 3 is 2.59 bits per heavy atom. The maximum absolute atomic E-state index is 13.2. The molecule has 90 valence electrons. The zero-order valence-electron chi connectivity index (χ0n) is 9.97. The van der Waals surface area contributed by atoms with E-state index in [1.165, 1.54) is 18.2 Å². The summed E-state index contributed by atoms with van der Waals surface area (Å²) in [5.41, 5.74) is -0.407. The Balaban J connectivity index is 2.87. The van der Waals surface area contributed by atoms with Crippen LogP contribution in [0, 0.1) is 17.1 Å². The molecule has 0 saturated heterocycles. The van der Waals surface area contributed by atoms with E-state index >= 15 is 0 Å². The molecule has 0 fully saturated rings. The number of halogens is 1. The van der Waals surface area contributed by atoms with E-state index in [0.717, 1.165) is 0 Å². The fraction of sp³-hybridized carbons (Fsp3) is 0.333. The van der Waals surface area contributed by atoms with Crippen molar-refractivity contribution in [2.45, 2.75) is 26.3 Å². The quantitative estimate of drug-likeness (QED) is 0.785. The number of carbonyl (C=O) groups is 1. The summed E-state index contributed by atoms with van der Waals surface area (Å²) in [7, 11) is 0. The van der Waals surface area contributed by atoms with Crippen molar-refractivity contribution in [3.63, 3.8) is 0 Å². The molecule has 0 radical (unpaired) electrons. The molecule has 0 aliphatic carbocycles. The number of rotatable bonds is 1. The number of benzene rings is 1. The number of hydrogen-bond donors (Lipinski definition) is 2. The number of anilines is 1. The number of nitrogens with one attached hydrogen (secondary N) is 2. The molecular weight excluding hydrogens is 221 g/mol. The summed E-state index contributed by atoms with van der Waals surface area (Å²) in [6, 6.07) is 5.32. The van der Waals surface area contributed by atoms with Gasteiger partial charge in [-0.05, 0) is 32.9 Å². The van der Waals surface area contributed by atoms with E-state index in [1.807, 2.05) is 20.8 Å². The number of amides is 2. The smallest absolute Gasteiger partial charge is 0.319 e. The highest BCUT2D eigenvalue weighted by atomic mass is 19.1. The molecular formula is C12H14FN3O. The molecule has 0 aliphatic heterocycles. The summed E-state index contributed by atoms with van der Waals surface area (Å²) in [5, 5.41) is 13.9. The highest BCUT2D eigenvalue weighted by Crippen LogP contribution is 2.17. The van der Waals surface area contributed by atoms with E-state index < -0.39 is 17.4 Å². The van der Waals surface area contributed by atoms with E-state index in [-0.39, 0.29) is 11.3 Å². The van der Waals surface area contributed by atoms with Crippen LogP contribution in [0.2, 0.25) is 0 Å². The predicted molar refractivity (Wildman–Crippen MR) is 63.0 cm³/mol. The lowest BCUT2D eigenvalue weighted by Gasteiger charge is -2.21. The maximum atomic E-state index is 13.2. The van der Waals surface area contributed by atoms with Gasteiger partial charge in [-0.15, -0.1) is 0 Å². The minimum atomic E-state index is -0.652. The molecule has 2 N–H and O–H groups in total. The Morgan fingerprint density at radius 1 is 1.41 bits per heavy atom. The first-order valence-corrected chi connectivity index (χ1v) is 5.11. The van der Waals surface area contributed by atoms with Gasteiger partial charge in [-0.2, -0.15) is 5.26 Å². The zero-order valence-corrected chi connectivity index (χ0v) is 9.97. The number of urea groups is 1. The Hall–Kier alpha value is -2.09. The first kappa shape index (κ1) is 13.0. The summed E-state index contributed by atoms with van der Waals surface area (Å²) in [4.78, 5) is 11.6. The van der Waals surface area contributed by atoms with E-state index in [0.29, 0.717) is 0 Å². The molecule has 0 unspecified atom stereocenters. The third kappa shape index (κ3) is 3.76. The second kappa shape index (κ2) is 4.83. The van der Waals surface area contributed by atoms with Crippen molar-refractivity contribution in [2.75, 3.05) is 5.32 Å². The molecule has 0 heterocycles. The Kier molecular flexibility index (Phi) is 3.69. The van der Waals surface area contributed by atoms with Crippen LogP contribution in [-0.4, -0.2) is 11.6 Å². The molecule has 0 atom stereocenters. The number of carbonyl (C=O) groups excluding carboxylic acids is 1. The molecule has 0 spiro atoms. The topological polar surface area (TPSA) is 64.9 Å². The Morgan fingerprint density at radius 2 is 2.06 bits per heavy atom. The number of hydrogen-bond acceptors (Lipinski definition) is 2. The van der Waals surface area contributed by atoms with Crippen LogP contribution in [0.5, 0.6) is 0 Å². The molecule has 17 heavy (non-hydrogen) atoms. The largest absolute Gasteiger partial charge is 0.333 e. The SMILES string of the molecule is CC(C)(C)NC(=O)Nc1cccc(F)c1C#N. The number of nitrogens with zero attached hydrogens (tertiary/aromatic N) is 1. The van der Waals surface area contributed by atoms with Crippen molar-refractivity contribution in [3.8, 4) is 6.07 Å². The minimum Gasteiger partial charge on any atom is -0.333 e. The van der Waals surface area contributed by atoms with Gasteiger partial charge in [-0.25, -0.2) is 9.18 Å². The van der Waals surface area contributed by atoms with E-state index in [2.05, 4.69) is 10.6 Å². The minimum absolute atomic E-state index is 0.161. The van der Waals surface area contributed by atoms with Gasteiger partial charge in [0, 0.05) is 5.54 Å². The van der Waals surface area contributed by atoms with Crippen LogP contribution >= 0.6 is 0 Å². The fourth-order valence-electron chi connectivity index (χ4n) is 1.24. The van der Waals surface area contributed by atoms with Gasteiger partial charge in [0.05, 0.1) is 5.69 Å². The predicted octanol–water partition coefficient (Wildman–Crippen LogP) is 2.62. The van der Waals surface area contributed by atoms with Gasteiger partial charge in [0.15, 0.2) is 0 Å². The third-order valence-corrected chi connectivity index (χ3v) is 1.86. The first-order valence-electron chi connectivity index (χ1n) is 5.11. The van der Waals surface area contributed by atoms with Gasteiger partial charge in [0.1, 0.15) is 17.4 Å². The lowest BCUT2D eigenvalue weighted by molar-refractivity contribution is 0.244. The van der Waals surface area contributed by atoms with Crippen molar-refractivity contribution in [1.29, 1.82) is 5.26 Å². The molecule has 0 aliphatic rings. The van der Waals surface area contributed by atoms with Crippen LogP contribution in [0.25, 0.3) is 0 Å². The van der Waals surface area contributed by atoms with Crippen LogP contribution in [0.3, 0.4) is 0 Å². The van der Waals surface area contributed by atoms with Crippen molar-refractivity contribution in [2.24, 2.45) is 0 Å². The summed E-state index contributed by atoms with van der Waals surface area (Å²) in [6.07, 6.45) is 0. The summed E-state index contributed by atoms with van der Waals surface area (Å²) < 4.78 is 13.2. The lowest BCUT2D eigenvalue weighted by atomic mass is 10.1. The van der Waals surface area contributed by atoms with Crippen LogP contribution in [0.15, 0.2) is 18.2 Å². The normalized spacial score (nSPS) is 10.5. The zero-order chi connectivity index (χ0) is 13.1. The summed E-state index contributed by atoms with van der Waals surface area (Å²) in [6.45, 7) is 5.47. The van der Waals surface area contributed by atoms with Crippen LogP contribution in [0.1, 0.15) is 26.3 Å². The highest BCUT2D eigenvalue weighted by molar-refractivity contribution is 5.91. The maximum Gasteiger partial charge on any atom is 0.319 e. The van der Waals surface area contributed by atoms with Gasteiger partial charge in [0.2, 0.25) is 0 Å². The van der Waals surface area contributed by atoms with E-state index in [1.54, 1.807) is 6.07 Å². The second-order valence-electron chi connectivity index (χ2n) is 4.60. The van der Waals surface area contributed by atoms with Gasteiger partial charge in [-0.1, -0.05) is 6.07 Å². The molecule has 1 aromatic rings. The fourth-order valence-corrected chi connectivity index (χ4v) is 1.24. The van der Waals surface area contributed by atoms with Crippen LogP contribution in [-0.2, 0) is 0 Å². The third-order valence-electron chi connectivity index (χ3n) is 1.86. The summed E-state index contributed by atoms with van der Waals surface area (Å²) >= 11 is 0. The molecule has 4 nitrogen and oxygen atoms in total. The molecule has 5 heteroatoms. The van der Waals surface area contributed by atoms with Crippen molar-refractivity contribution < 1.29 is 9.18 Å². The summed E-state index contributed by atoms with van der Waals surface area (Å²) in [5.74, 6) is -0.652. The molecule has 1 rings (SSSR count). The van der Waals surface area contributed by atoms with Gasteiger partial charge >= 0.3 is 6.03 Å². The van der Waals surface area contributed by atoms with Crippen LogP contribution in [0.4, 0.5) is 14.9 Å². The first-order chi connectivity index (χ1) is 7.83. The average molecular weight is 235 g/mol. The highest BCUT2D eigenvalue weighted by Gasteiger charge is 2.15. The van der Waals surface area contributed by atoms with Crippen molar-refractivity contribution >= 4 is 11.7 Å². The van der Waals surface area contributed by atoms with Gasteiger partial charge < -0.3 is 10.6 Å². The average Bonchev–Trinajstić information content (AvgIpc) is 2.14. The Bertz CT molecular complexity index is 472. The molecule has 0 saturated carbocycles. The van der Waals surface area contributed by atoms with E-state index in [9.17, 15) is 9.18 Å². The second-order valence-corrected chi connectivity index (χ2v) is 4.60. The van der Waals surface area contributed by atoms with Crippen LogP contribution < -0.4 is 10.6 Å². The lowest BCUT2D eigenvalue weighted by Crippen LogP contribution is -2.43. The molecule has 0 bridgehead atoms. The Labute approximate surface area is 99.4 Å². The monoisotopic (exact) mass is 235 g/mol. The van der Waals surface area contributed by atoms with Gasteiger partial charge in [0.25, 0.3) is 0 Å². The molecule has 2 amide bonds. The van der Waals surface area contributed by atoms with Crippen molar-refractivity contribution in [3.05, 3.63) is 29.6 Å². The number of nitriles is 1. The van der Waals surface area contributed by atoms with Gasteiger partial charge in [-0.3, -0.25) is 0 Å². The molecule has 0 aromatic heterocycles. The van der Waals surface area contributed by atoms with E-state index in [4.69, 9.17) is 5.26 Å². The molecule has 1 aromatic carbocycles.